The van der Waals surface area contributed by atoms with Crippen LogP contribution in [0.25, 0.3) is 17.0 Å². The summed E-state index contributed by atoms with van der Waals surface area (Å²) in [5.41, 5.74) is 3.35. The molecule has 0 spiro atoms. The van der Waals surface area contributed by atoms with Crippen molar-refractivity contribution in [3.05, 3.63) is 82.9 Å². The van der Waals surface area contributed by atoms with Gasteiger partial charge in [0.15, 0.2) is 11.5 Å². The molecular formula is C32H28N4O7S. The van der Waals surface area contributed by atoms with Gasteiger partial charge in [-0.2, -0.15) is 0 Å². The molecule has 0 saturated carbocycles. The Labute approximate surface area is 256 Å². The number of fused-ring (bicyclic) bond motifs is 2. The summed E-state index contributed by atoms with van der Waals surface area (Å²) in [4.78, 5) is 52.9. The zero-order valence-corrected chi connectivity index (χ0v) is 24.7. The molecule has 0 atom stereocenters. The van der Waals surface area contributed by atoms with E-state index in [2.05, 4.69) is 10.6 Å². The Bertz CT molecular complexity index is 1830. The molecule has 0 radical (unpaired) electrons. The molecule has 1 fully saturated rings. The maximum atomic E-state index is 13.3. The van der Waals surface area contributed by atoms with Crippen LogP contribution in [-0.4, -0.2) is 52.4 Å². The summed E-state index contributed by atoms with van der Waals surface area (Å²) >= 11 is 0.776. The number of carbonyl (C=O) groups excluding carboxylic acids is 4. The van der Waals surface area contributed by atoms with Gasteiger partial charge < -0.3 is 29.4 Å². The predicted octanol–water partition coefficient (Wildman–Crippen LogP) is 5.39. The van der Waals surface area contributed by atoms with E-state index in [4.69, 9.17) is 14.2 Å². The van der Waals surface area contributed by atoms with Crippen LogP contribution in [0.1, 0.15) is 18.2 Å². The first-order chi connectivity index (χ1) is 21.3. The first-order valence-corrected chi connectivity index (χ1v) is 14.7. The molecule has 4 aromatic rings. The number of benzene rings is 3. The highest BCUT2D eigenvalue weighted by Gasteiger charge is 2.36. The quantitative estimate of drug-likeness (QED) is 0.241. The second kappa shape index (κ2) is 12.2. The van der Waals surface area contributed by atoms with E-state index in [-0.39, 0.29) is 24.2 Å². The lowest BCUT2D eigenvalue weighted by Crippen LogP contribution is -2.36. The average molecular weight is 613 g/mol. The maximum Gasteiger partial charge on any atom is 0.294 e. The average Bonchev–Trinajstić information content (AvgIpc) is 3.66. The first-order valence-electron chi connectivity index (χ1n) is 13.9. The Morgan fingerprint density at radius 1 is 0.932 bits per heavy atom. The molecule has 2 aliphatic heterocycles. The van der Waals surface area contributed by atoms with Gasteiger partial charge in [-0.1, -0.05) is 18.2 Å². The Morgan fingerprint density at radius 2 is 1.64 bits per heavy atom. The number of amides is 4. The number of aromatic nitrogens is 1. The van der Waals surface area contributed by atoms with Gasteiger partial charge in [0.2, 0.25) is 18.6 Å². The molecule has 44 heavy (non-hydrogen) atoms. The molecule has 11 nitrogen and oxygen atoms in total. The SMILES string of the molecule is CCOc1ccc(NC(=O)CN2C(=O)S/C(=C/c3c(C)n(CC(=O)Nc4ccc5c(c4)OCO5)c4ccccc34)C2=O)cc1. The third-order valence-electron chi connectivity index (χ3n) is 7.14. The minimum Gasteiger partial charge on any atom is -0.494 e. The zero-order chi connectivity index (χ0) is 30.8. The van der Waals surface area contributed by atoms with E-state index in [0.29, 0.717) is 40.8 Å². The van der Waals surface area contributed by atoms with Crippen molar-refractivity contribution in [1.82, 2.24) is 9.47 Å². The highest BCUT2D eigenvalue weighted by atomic mass is 32.2. The smallest absolute Gasteiger partial charge is 0.294 e. The molecule has 6 rings (SSSR count). The molecule has 1 aromatic heterocycles. The number of nitrogens with one attached hydrogen (secondary N) is 2. The fourth-order valence-electron chi connectivity index (χ4n) is 5.07. The molecule has 0 bridgehead atoms. The van der Waals surface area contributed by atoms with Gasteiger partial charge in [-0.15, -0.1) is 0 Å². The largest absolute Gasteiger partial charge is 0.494 e. The van der Waals surface area contributed by atoms with Crippen molar-refractivity contribution in [3.8, 4) is 17.2 Å². The Hall–Kier alpha value is -5.23. The molecule has 12 heteroatoms. The van der Waals surface area contributed by atoms with Gasteiger partial charge in [0.05, 0.1) is 11.5 Å². The molecule has 1 saturated heterocycles. The van der Waals surface area contributed by atoms with Crippen LogP contribution in [0.4, 0.5) is 16.2 Å². The van der Waals surface area contributed by atoms with Crippen LogP contribution in [0.3, 0.4) is 0 Å². The van der Waals surface area contributed by atoms with E-state index in [9.17, 15) is 19.2 Å². The number of carbonyl (C=O) groups is 4. The predicted molar refractivity (Wildman–Crippen MR) is 167 cm³/mol. The second-order valence-electron chi connectivity index (χ2n) is 9.99. The van der Waals surface area contributed by atoms with Crippen molar-refractivity contribution in [2.45, 2.75) is 20.4 Å². The fourth-order valence-corrected chi connectivity index (χ4v) is 5.89. The van der Waals surface area contributed by atoms with E-state index in [1.54, 1.807) is 48.5 Å². The lowest BCUT2D eigenvalue weighted by atomic mass is 10.1. The van der Waals surface area contributed by atoms with E-state index in [1.165, 1.54) is 0 Å². The van der Waals surface area contributed by atoms with Gasteiger partial charge in [0.1, 0.15) is 18.8 Å². The summed E-state index contributed by atoms with van der Waals surface area (Å²) in [7, 11) is 0. The van der Waals surface area contributed by atoms with Gasteiger partial charge >= 0.3 is 0 Å². The zero-order valence-electron chi connectivity index (χ0n) is 23.9. The van der Waals surface area contributed by atoms with Gasteiger partial charge in [0.25, 0.3) is 11.1 Å². The Morgan fingerprint density at radius 3 is 2.43 bits per heavy atom. The van der Waals surface area contributed by atoms with Gasteiger partial charge in [-0.05, 0) is 74.1 Å². The molecule has 2 N–H and O–H groups in total. The van der Waals surface area contributed by atoms with Crippen LogP contribution in [0.5, 0.6) is 17.2 Å². The van der Waals surface area contributed by atoms with Crippen molar-refractivity contribution in [1.29, 1.82) is 0 Å². The molecule has 3 aromatic carbocycles. The first kappa shape index (κ1) is 28.9. The van der Waals surface area contributed by atoms with Crippen LogP contribution in [0.15, 0.2) is 71.6 Å². The van der Waals surface area contributed by atoms with Crippen LogP contribution < -0.4 is 24.8 Å². The summed E-state index contributed by atoms with van der Waals surface area (Å²) in [6.07, 6.45) is 1.65. The summed E-state index contributed by atoms with van der Waals surface area (Å²) in [6.45, 7) is 3.99. The van der Waals surface area contributed by atoms with Crippen LogP contribution in [-0.2, 0) is 20.9 Å². The molecular weight excluding hydrogens is 584 g/mol. The number of nitrogens with zero attached hydrogens (tertiary/aromatic N) is 2. The summed E-state index contributed by atoms with van der Waals surface area (Å²) in [5.74, 6) is 0.548. The van der Waals surface area contributed by atoms with Crippen LogP contribution in [0.2, 0.25) is 0 Å². The Balaban J connectivity index is 1.18. The second-order valence-corrected chi connectivity index (χ2v) is 11.0. The minimum absolute atomic E-state index is 0.0157. The third kappa shape index (κ3) is 5.84. The van der Waals surface area contributed by atoms with Crippen molar-refractivity contribution >= 4 is 63.1 Å². The minimum atomic E-state index is -0.557. The van der Waals surface area contributed by atoms with Crippen molar-refractivity contribution in [3.63, 3.8) is 0 Å². The maximum absolute atomic E-state index is 13.3. The standard InChI is InChI=1S/C32H28N4O7S/c1-3-41-22-11-8-20(9-12-22)33-30(38)17-36-31(39)28(44-32(36)40)15-24-19(2)35(25-7-5-4-6-23(24)25)16-29(37)34-21-10-13-26-27(14-21)43-18-42-26/h4-15H,3,16-18H2,1-2H3,(H,33,38)(H,34,37)/b28-15+. The lowest BCUT2D eigenvalue weighted by molar-refractivity contribution is -0.127. The van der Waals surface area contributed by atoms with Crippen molar-refractivity contribution < 1.29 is 33.4 Å². The van der Waals surface area contributed by atoms with Crippen molar-refractivity contribution in [2.75, 3.05) is 30.6 Å². The molecule has 0 aliphatic carbocycles. The highest BCUT2D eigenvalue weighted by Crippen LogP contribution is 2.36. The molecule has 2 aliphatic rings. The number of rotatable bonds is 9. The number of imide groups is 1. The summed E-state index contributed by atoms with van der Waals surface area (Å²) < 4.78 is 18.0. The number of hydrogen-bond donors (Lipinski definition) is 2. The van der Waals surface area contributed by atoms with Crippen LogP contribution >= 0.6 is 11.8 Å². The number of para-hydroxylation sites is 1. The normalized spacial score (nSPS) is 14.9. The molecule has 3 heterocycles. The summed E-state index contributed by atoms with van der Waals surface area (Å²) in [6, 6.07) is 19.5. The topological polar surface area (TPSA) is 128 Å². The van der Waals surface area contributed by atoms with Gasteiger partial charge in [0, 0.05) is 39.6 Å². The lowest BCUT2D eigenvalue weighted by Gasteiger charge is -2.12. The van der Waals surface area contributed by atoms with Crippen molar-refractivity contribution in [2.24, 2.45) is 0 Å². The van der Waals surface area contributed by atoms with Crippen LogP contribution in [0, 0.1) is 6.92 Å². The van der Waals surface area contributed by atoms with E-state index in [1.807, 2.05) is 42.7 Å². The highest BCUT2D eigenvalue weighted by molar-refractivity contribution is 8.18. The third-order valence-corrected chi connectivity index (χ3v) is 8.04. The fraction of sp³-hybridized carbons (Fsp3) is 0.188. The Kier molecular flexibility index (Phi) is 7.99. The molecule has 0 unspecified atom stereocenters. The summed E-state index contributed by atoms with van der Waals surface area (Å²) in [5, 5.41) is 5.88. The molecule has 224 valence electrons. The van der Waals surface area contributed by atoms with E-state index < -0.39 is 23.6 Å². The number of thioether (sulfide) groups is 1. The molecule has 4 amide bonds. The van der Waals surface area contributed by atoms with Gasteiger partial charge in [-0.3, -0.25) is 24.1 Å². The number of hydrogen-bond acceptors (Lipinski definition) is 8. The number of ether oxygens (including phenoxy) is 3. The van der Waals surface area contributed by atoms with E-state index in [0.717, 1.165) is 33.3 Å². The monoisotopic (exact) mass is 612 g/mol. The number of anilines is 2. The van der Waals surface area contributed by atoms with Gasteiger partial charge in [-0.25, -0.2) is 0 Å². The van der Waals surface area contributed by atoms with E-state index >= 15 is 0 Å².